The minimum absolute atomic E-state index is 0.0504. The van der Waals surface area contributed by atoms with Gasteiger partial charge in [-0.05, 0) is 36.8 Å². The Morgan fingerprint density at radius 1 is 1.12 bits per heavy atom. The van der Waals surface area contributed by atoms with E-state index in [1.54, 1.807) is 14.2 Å². The lowest BCUT2D eigenvalue weighted by Crippen LogP contribution is -2.36. The Morgan fingerprint density at radius 2 is 1.92 bits per heavy atom. The lowest BCUT2D eigenvalue weighted by molar-refractivity contribution is -0.165. The van der Waals surface area contributed by atoms with Gasteiger partial charge in [0.2, 0.25) is 0 Å². The van der Waals surface area contributed by atoms with E-state index in [0.717, 1.165) is 16.9 Å². The van der Waals surface area contributed by atoms with Crippen molar-refractivity contribution in [3.05, 3.63) is 59.2 Å². The molecule has 0 aliphatic carbocycles. The van der Waals surface area contributed by atoms with Gasteiger partial charge in [0.15, 0.2) is 5.60 Å². The van der Waals surface area contributed by atoms with E-state index in [4.69, 9.17) is 18.9 Å². The van der Waals surface area contributed by atoms with E-state index >= 15 is 0 Å². The van der Waals surface area contributed by atoms with Crippen LogP contribution in [0, 0.1) is 6.92 Å². The van der Waals surface area contributed by atoms with Crippen LogP contribution in [-0.4, -0.2) is 33.9 Å². The molecule has 26 heavy (non-hydrogen) atoms. The number of benzene rings is 2. The Morgan fingerprint density at radius 3 is 2.62 bits per heavy atom. The zero-order chi connectivity index (χ0) is 18.7. The van der Waals surface area contributed by atoms with Gasteiger partial charge >= 0.3 is 5.97 Å². The Hall–Kier alpha value is -2.53. The third kappa shape index (κ3) is 3.15. The van der Waals surface area contributed by atoms with Gasteiger partial charge in [-0.1, -0.05) is 23.8 Å². The standard InChI is InChI=1S/C21H24O5/c1-14-8-9-19(24-3)18(10-14)21(20(22)25-4)12-16(13-26-21)15-6-5-7-17(11-15)23-2/h5-11,16H,12-13H2,1-4H3/t16-,21-/m1/s1. The summed E-state index contributed by atoms with van der Waals surface area (Å²) < 4.78 is 22.1. The molecule has 0 aromatic heterocycles. The fraction of sp³-hybridized carbons (Fsp3) is 0.381. The van der Waals surface area contributed by atoms with Crippen LogP contribution in [0.25, 0.3) is 0 Å². The summed E-state index contributed by atoms with van der Waals surface area (Å²) in [6, 6.07) is 13.6. The summed E-state index contributed by atoms with van der Waals surface area (Å²) in [5.74, 6) is 1.04. The molecule has 1 saturated heterocycles. The van der Waals surface area contributed by atoms with Crippen LogP contribution in [0.1, 0.15) is 29.0 Å². The molecule has 2 aromatic carbocycles. The van der Waals surface area contributed by atoms with E-state index in [0.29, 0.717) is 24.3 Å². The van der Waals surface area contributed by atoms with E-state index in [-0.39, 0.29) is 5.92 Å². The summed E-state index contributed by atoms with van der Waals surface area (Å²) in [4.78, 5) is 12.8. The summed E-state index contributed by atoms with van der Waals surface area (Å²) >= 11 is 0. The van der Waals surface area contributed by atoms with Gasteiger partial charge in [-0.2, -0.15) is 0 Å². The van der Waals surface area contributed by atoms with Gasteiger partial charge in [0.25, 0.3) is 0 Å². The molecule has 0 bridgehead atoms. The number of carbonyl (C=O) groups is 1. The summed E-state index contributed by atoms with van der Waals surface area (Å²) in [6.07, 6.45) is 0.479. The molecular weight excluding hydrogens is 332 g/mol. The molecule has 0 N–H and O–H groups in total. The largest absolute Gasteiger partial charge is 0.497 e. The Labute approximate surface area is 153 Å². The molecular formula is C21H24O5. The van der Waals surface area contributed by atoms with Gasteiger partial charge in [-0.3, -0.25) is 0 Å². The average Bonchev–Trinajstić information content (AvgIpc) is 3.14. The SMILES string of the molecule is COC(=O)[C@]1(c2cc(C)ccc2OC)C[C@@H](c2cccc(OC)c2)CO1. The molecule has 1 heterocycles. The number of hydrogen-bond acceptors (Lipinski definition) is 5. The molecule has 0 spiro atoms. The number of aryl methyl sites for hydroxylation is 1. The van der Waals surface area contributed by atoms with Gasteiger partial charge in [-0.25, -0.2) is 4.79 Å². The lowest BCUT2D eigenvalue weighted by atomic mass is 9.83. The zero-order valence-corrected chi connectivity index (χ0v) is 15.6. The number of rotatable bonds is 5. The number of esters is 1. The van der Waals surface area contributed by atoms with Crippen LogP contribution in [0.5, 0.6) is 11.5 Å². The minimum Gasteiger partial charge on any atom is -0.497 e. The molecule has 2 atom stereocenters. The number of ether oxygens (including phenoxy) is 4. The van der Waals surface area contributed by atoms with Gasteiger partial charge < -0.3 is 18.9 Å². The van der Waals surface area contributed by atoms with Crippen LogP contribution in [0.4, 0.5) is 0 Å². The van der Waals surface area contributed by atoms with E-state index in [1.807, 2.05) is 49.4 Å². The van der Waals surface area contributed by atoms with Gasteiger partial charge in [0.1, 0.15) is 11.5 Å². The van der Waals surface area contributed by atoms with E-state index in [1.165, 1.54) is 7.11 Å². The highest BCUT2D eigenvalue weighted by Gasteiger charge is 2.51. The van der Waals surface area contributed by atoms with Crippen molar-refractivity contribution in [3.63, 3.8) is 0 Å². The van der Waals surface area contributed by atoms with Crippen molar-refractivity contribution < 1.29 is 23.7 Å². The second-order valence-electron chi connectivity index (χ2n) is 6.51. The summed E-state index contributed by atoms with van der Waals surface area (Å²) in [5, 5.41) is 0. The number of hydrogen-bond donors (Lipinski definition) is 0. The van der Waals surface area contributed by atoms with E-state index in [2.05, 4.69) is 0 Å². The molecule has 0 amide bonds. The van der Waals surface area contributed by atoms with Crippen molar-refractivity contribution in [3.8, 4) is 11.5 Å². The van der Waals surface area contributed by atoms with Crippen molar-refractivity contribution in [1.82, 2.24) is 0 Å². The molecule has 5 heteroatoms. The molecule has 1 fully saturated rings. The van der Waals surface area contributed by atoms with Gasteiger partial charge in [-0.15, -0.1) is 0 Å². The van der Waals surface area contributed by atoms with Crippen molar-refractivity contribution in [2.45, 2.75) is 24.9 Å². The van der Waals surface area contributed by atoms with E-state index in [9.17, 15) is 4.79 Å². The highest BCUT2D eigenvalue weighted by atomic mass is 16.6. The van der Waals surface area contributed by atoms with Crippen LogP contribution in [0.3, 0.4) is 0 Å². The number of carbonyl (C=O) groups excluding carboxylic acids is 1. The van der Waals surface area contributed by atoms with Crippen molar-refractivity contribution in [2.75, 3.05) is 27.9 Å². The second-order valence-corrected chi connectivity index (χ2v) is 6.51. The topological polar surface area (TPSA) is 54.0 Å². The summed E-state index contributed by atoms with van der Waals surface area (Å²) in [6.45, 7) is 2.39. The average molecular weight is 356 g/mol. The van der Waals surface area contributed by atoms with Crippen LogP contribution >= 0.6 is 0 Å². The summed E-state index contributed by atoms with van der Waals surface area (Å²) in [7, 11) is 4.61. The lowest BCUT2D eigenvalue weighted by Gasteiger charge is -2.28. The molecule has 0 radical (unpaired) electrons. The van der Waals surface area contributed by atoms with Crippen molar-refractivity contribution in [1.29, 1.82) is 0 Å². The first-order chi connectivity index (χ1) is 12.5. The van der Waals surface area contributed by atoms with Crippen LogP contribution in [0.15, 0.2) is 42.5 Å². The predicted octanol–water partition coefficient (Wildman–Crippen LogP) is 3.58. The zero-order valence-electron chi connectivity index (χ0n) is 15.6. The van der Waals surface area contributed by atoms with Crippen LogP contribution in [0.2, 0.25) is 0 Å². The predicted molar refractivity (Wildman–Crippen MR) is 97.7 cm³/mol. The molecule has 1 aliphatic heterocycles. The first kappa shape index (κ1) is 18.3. The quantitative estimate of drug-likeness (QED) is 0.767. The maximum absolute atomic E-state index is 12.8. The Balaban J connectivity index is 2.03. The first-order valence-corrected chi connectivity index (χ1v) is 8.55. The molecule has 138 valence electrons. The highest BCUT2D eigenvalue weighted by molar-refractivity contribution is 5.83. The summed E-state index contributed by atoms with van der Waals surface area (Å²) in [5.41, 5.74) is 1.62. The fourth-order valence-electron chi connectivity index (χ4n) is 3.56. The monoisotopic (exact) mass is 356 g/mol. The normalized spacial score (nSPS) is 22.1. The number of methoxy groups -OCH3 is 3. The fourth-order valence-corrected chi connectivity index (χ4v) is 3.56. The maximum Gasteiger partial charge on any atom is 0.343 e. The Kier molecular flexibility index (Phi) is 5.18. The van der Waals surface area contributed by atoms with Crippen LogP contribution in [-0.2, 0) is 19.9 Å². The molecule has 0 unspecified atom stereocenters. The third-order valence-corrected chi connectivity index (χ3v) is 4.94. The van der Waals surface area contributed by atoms with E-state index < -0.39 is 11.6 Å². The third-order valence-electron chi connectivity index (χ3n) is 4.94. The van der Waals surface area contributed by atoms with Gasteiger partial charge in [0.05, 0.1) is 27.9 Å². The minimum atomic E-state index is -1.18. The smallest absolute Gasteiger partial charge is 0.343 e. The van der Waals surface area contributed by atoms with Crippen molar-refractivity contribution >= 4 is 5.97 Å². The van der Waals surface area contributed by atoms with Crippen LogP contribution < -0.4 is 9.47 Å². The highest BCUT2D eigenvalue weighted by Crippen LogP contribution is 2.47. The molecule has 5 nitrogen and oxygen atoms in total. The molecule has 3 rings (SSSR count). The van der Waals surface area contributed by atoms with Gasteiger partial charge in [0, 0.05) is 17.9 Å². The molecule has 2 aromatic rings. The second kappa shape index (κ2) is 7.38. The Bertz CT molecular complexity index is 801. The van der Waals surface area contributed by atoms with Crippen molar-refractivity contribution in [2.24, 2.45) is 0 Å². The first-order valence-electron chi connectivity index (χ1n) is 8.55. The molecule has 1 aliphatic rings. The molecule has 0 saturated carbocycles. The maximum atomic E-state index is 12.8.